The molecule has 0 N–H and O–H groups in total. The molecule has 0 atom stereocenters. The van der Waals surface area contributed by atoms with Crippen molar-refractivity contribution < 1.29 is 0 Å². The Balaban J connectivity index is 0.722. The van der Waals surface area contributed by atoms with Crippen LogP contribution in [0.4, 0.5) is 62.6 Å². The molecule has 4 nitrogen and oxygen atoms in total. The molecule has 0 aromatic heterocycles. The third-order valence-corrected chi connectivity index (χ3v) is 16.5. The highest BCUT2D eigenvalue weighted by Gasteiger charge is 2.27. The average Bonchev–Trinajstić information content (AvgIpc) is 2.57. The fourth-order valence-electron chi connectivity index (χ4n) is 12.1. The second-order valence-corrected chi connectivity index (χ2v) is 22.1. The van der Waals surface area contributed by atoms with Gasteiger partial charge in [-0.3, -0.25) is 0 Å². The van der Waals surface area contributed by atoms with Crippen molar-refractivity contribution in [1.29, 1.82) is 0 Å². The van der Waals surface area contributed by atoms with Crippen LogP contribution in [0.2, 0.25) is 0 Å². The van der Waals surface area contributed by atoms with E-state index in [2.05, 4.69) is 365 Å². The Labute approximate surface area is 507 Å². The van der Waals surface area contributed by atoms with Gasteiger partial charge in [0.25, 0.3) is 0 Å². The number of para-hydroxylation sites is 4. The fraction of sp³-hybridized carbons (Fsp3) is 0.0732. The van der Waals surface area contributed by atoms with Crippen molar-refractivity contribution in [3.8, 4) is 22.3 Å². The van der Waals surface area contributed by atoms with Crippen molar-refractivity contribution in [2.24, 2.45) is 5.92 Å². The molecule has 0 heterocycles. The molecule has 86 heavy (non-hydrogen) atoms. The molecule has 1 aliphatic carbocycles. The number of allylic oxidation sites excluding steroid dienone is 1. The van der Waals surface area contributed by atoms with Crippen molar-refractivity contribution in [2.45, 2.75) is 31.7 Å². The van der Waals surface area contributed by atoms with E-state index < -0.39 is 0 Å². The topological polar surface area (TPSA) is 13.0 Å². The zero-order valence-electron chi connectivity index (χ0n) is 48.3. The third-order valence-electron chi connectivity index (χ3n) is 16.5. The van der Waals surface area contributed by atoms with E-state index in [4.69, 9.17) is 0 Å². The molecule has 12 aromatic carbocycles. The van der Waals surface area contributed by atoms with E-state index in [0.717, 1.165) is 80.7 Å². The van der Waals surface area contributed by atoms with Gasteiger partial charge in [0, 0.05) is 68.6 Å². The fourth-order valence-corrected chi connectivity index (χ4v) is 12.1. The summed E-state index contributed by atoms with van der Waals surface area (Å²) >= 11 is 0. The van der Waals surface area contributed by atoms with E-state index in [-0.39, 0.29) is 0 Å². The summed E-state index contributed by atoms with van der Waals surface area (Å²) in [6.07, 6.45) is 13.7. The first-order valence-electron chi connectivity index (χ1n) is 30.1. The monoisotopic (exact) mass is 1110 g/mol. The normalized spacial score (nSPS) is 14.0. The first kappa shape index (κ1) is 54.6. The van der Waals surface area contributed by atoms with E-state index in [1.165, 1.54) is 46.5 Å². The van der Waals surface area contributed by atoms with Crippen LogP contribution in [0, 0.1) is 5.92 Å². The summed E-state index contributed by atoms with van der Waals surface area (Å²) in [6, 6.07) is 118. The molecule has 12 aromatic rings. The number of hydrogen-bond acceptors (Lipinski definition) is 4. The Bertz CT molecular complexity index is 4090. The lowest BCUT2D eigenvalue weighted by atomic mass is 9.84. The minimum atomic E-state index is 0.439. The molecule has 1 fully saturated rings. The number of benzene rings is 12. The first-order chi connectivity index (χ1) is 42.6. The van der Waals surface area contributed by atoms with Gasteiger partial charge in [-0.25, -0.2) is 0 Å². The van der Waals surface area contributed by atoms with Gasteiger partial charge in [-0.15, -0.1) is 0 Å². The molecule has 1 aliphatic rings. The van der Waals surface area contributed by atoms with Crippen LogP contribution < -0.4 is 19.6 Å². The van der Waals surface area contributed by atoms with E-state index in [9.17, 15) is 0 Å². The van der Waals surface area contributed by atoms with E-state index in [1.54, 1.807) is 0 Å². The molecular weight excluding hydrogens is 1040 g/mol. The predicted octanol–water partition coefficient (Wildman–Crippen LogP) is 23.0. The van der Waals surface area contributed by atoms with Gasteiger partial charge in [0.05, 0.1) is 0 Å². The van der Waals surface area contributed by atoms with Crippen LogP contribution in [0.15, 0.2) is 334 Å². The van der Waals surface area contributed by atoms with E-state index in [0.29, 0.717) is 12.0 Å². The lowest BCUT2D eigenvalue weighted by Crippen LogP contribution is -2.34. The minimum absolute atomic E-state index is 0.439. The quantitative estimate of drug-likeness (QED) is 0.0794. The Kier molecular flexibility index (Phi) is 16.7. The van der Waals surface area contributed by atoms with Gasteiger partial charge in [0.1, 0.15) is 0 Å². The molecule has 13 rings (SSSR count). The summed E-state index contributed by atoms with van der Waals surface area (Å²) in [5.74, 6) is 0.605. The number of nitrogens with zero attached hydrogens (tertiary/aromatic N) is 4. The molecule has 0 aliphatic heterocycles. The maximum absolute atomic E-state index is 2.58. The van der Waals surface area contributed by atoms with Crippen LogP contribution in [-0.2, 0) is 0 Å². The van der Waals surface area contributed by atoms with Gasteiger partial charge < -0.3 is 19.6 Å². The molecule has 0 unspecified atom stereocenters. The molecule has 416 valence electrons. The lowest BCUT2D eigenvalue weighted by molar-refractivity contribution is 0.373. The highest BCUT2D eigenvalue weighted by molar-refractivity contribution is 5.84. The van der Waals surface area contributed by atoms with Crippen molar-refractivity contribution >= 4 is 80.8 Å². The highest BCUT2D eigenvalue weighted by atomic mass is 15.2. The average molecular weight is 1110 g/mol. The highest BCUT2D eigenvalue weighted by Crippen LogP contribution is 2.43. The van der Waals surface area contributed by atoms with Crippen molar-refractivity contribution in [3.05, 3.63) is 350 Å². The number of anilines is 11. The maximum Gasteiger partial charge on any atom is 0.0463 e. The van der Waals surface area contributed by atoms with Crippen molar-refractivity contribution in [1.82, 2.24) is 0 Å². The van der Waals surface area contributed by atoms with Crippen LogP contribution in [0.3, 0.4) is 0 Å². The first-order valence-corrected chi connectivity index (χ1v) is 30.1. The summed E-state index contributed by atoms with van der Waals surface area (Å²) in [4.78, 5) is 9.57. The molecule has 0 radical (unpaired) electrons. The molecule has 1 saturated carbocycles. The summed E-state index contributed by atoms with van der Waals surface area (Å²) in [5.41, 5.74) is 20.6. The van der Waals surface area contributed by atoms with Gasteiger partial charge >= 0.3 is 0 Å². The van der Waals surface area contributed by atoms with Crippen LogP contribution >= 0.6 is 0 Å². The van der Waals surface area contributed by atoms with Gasteiger partial charge in [-0.05, 0) is 204 Å². The van der Waals surface area contributed by atoms with Gasteiger partial charge in [0.2, 0.25) is 0 Å². The zero-order valence-corrected chi connectivity index (χ0v) is 48.3. The van der Waals surface area contributed by atoms with E-state index in [1.807, 2.05) is 6.07 Å². The smallest absolute Gasteiger partial charge is 0.0463 e. The zero-order chi connectivity index (χ0) is 57.7. The Morgan fingerprint density at radius 3 is 0.779 bits per heavy atom. The molecule has 0 saturated heterocycles. The lowest BCUT2D eigenvalue weighted by Gasteiger charge is -2.38. The van der Waals surface area contributed by atoms with Gasteiger partial charge in [-0.2, -0.15) is 0 Å². The largest absolute Gasteiger partial charge is 0.338 e. The summed E-state index contributed by atoms with van der Waals surface area (Å²) < 4.78 is 0. The number of hydrogen-bond donors (Lipinski definition) is 0. The molecule has 0 spiro atoms. The summed E-state index contributed by atoms with van der Waals surface area (Å²) in [6.45, 7) is 0. The minimum Gasteiger partial charge on any atom is -0.338 e. The Hall–Kier alpha value is -10.7. The van der Waals surface area contributed by atoms with Crippen molar-refractivity contribution in [3.63, 3.8) is 0 Å². The number of rotatable bonds is 18. The third kappa shape index (κ3) is 12.8. The van der Waals surface area contributed by atoms with E-state index >= 15 is 0 Å². The molecular formula is C82H68N4. The SMILES string of the molecule is C(=Cc1ccc(N(c2ccccc2)c2ccc(-c3ccc(N(c4ccccc4)c4ccc(N(c5ccccc5)c5ccc(-c6ccc(N(c7ccccc7)C7CCC(C=Cc8ccccc8)CC7)cc6)cc5)cc4)cc3)cc2)cc1)c1ccccc1. The molecule has 4 heteroatoms. The van der Waals surface area contributed by atoms with Crippen molar-refractivity contribution in [2.75, 3.05) is 19.6 Å². The van der Waals surface area contributed by atoms with Crippen LogP contribution in [0.1, 0.15) is 42.4 Å². The summed E-state index contributed by atoms with van der Waals surface area (Å²) in [5, 5.41) is 0. The Morgan fingerprint density at radius 2 is 0.442 bits per heavy atom. The van der Waals surface area contributed by atoms with Gasteiger partial charge in [-0.1, -0.05) is 218 Å². The molecule has 0 amide bonds. The maximum atomic E-state index is 2.58. The predicted molar refractivity (Wildman–Crippen MR) is 367 cm³/mol. The second kappa shape index (κ2) is 26.3. The second-order valence-electron chi connectivity index (χ2n) is 22.1. The standard InChI is InChI=1S/C82H68N4/c1-7-19-63(20-8-1)31-33-65-35-47-75(48-36-65)83(71-23-11-3-12-24-71)77-51-39-67(40-52-77)69-43-55-79(56-44-69)85(73-27-15-5-16-28-73)81-59-61-82(62-60-81)86(74-29-17-6-18-30-74)80-57-45-70(46-58-80)68-41-53-78(54-42-68)84(72-25-13-4-14-26-72)76-49-37-66(38-50-76)34-32-64-21-9-2-10-22-64/h1-36,39-48,51-62,66,76H,37-38,49-50H2. The van der Waals surface area contributed by atoms with Crippen LogP contribution in [-0.4, -0.2) is 6.04 Å². The summed E-state index contributed by atoms with van der Waals surface area (Å²) in [7, 11) is 0. The van der Waals surface area contributed by atoms with Crippen LogP contribution in [0.25, 0.3) is 40.5 Å². The Morgan fingerprint density at radius 1 is 0.209 bits per heavy atom. The van der Waals surface area contributed by atoms with Crippen LogP contribution in [0.5, 0.6) is 0 Å². The molecule has 0 bridgehead atoms. The van der Waals surface area contributed by atoms with Gasteiger partial charge in [0.15, 0.2) is 0 Å².